The van der Waals surface area contributed by atoms with Crippen LogP contribution in [0.15, 0.2) is 24.5 Å². The molecule has 3 fully saturated rings. The van der Waals surface area contributed by atoms with Gasteiger partial charge in [-0.25, -0.2) is 0 Å². The summed E-state index contributed by atoms with van der Waals surface area (Å²) in [6.07, 6.45) is 8.26. The van der Waals surface area contributed by atoms with E-state index in [-0.39, 0.29) is 0 Å². The molecule has 2 saturated heterocycles. The maximum Gasteiger partial charge on any atom is 0.0736 e. The van der Waals surface area contributed by atoms with Gasteiger partial charge < -0.3 is 5.73 Å². The fourth-order valence-corrected chi connectivity index (χ4v) is 7.42. The SMILES string of the molecule is Cc1cc(N)c(C(=N)c2cnn(C)c2)cc1C1C[C@@H]2CN(C3CCS(=O)CC3)C[C@@H]2C1. The van der Waals surface area contributed by atoms with Crippen LogP contribution in [0.25, 0.3) is 0 Å². The summed E-state index contributed by atoms with van der Waals surface area (Å²) in [7, 11) is 1.29. The van der Waals surface area contributed by atoms with Gasteiger partial charge in [0.1, 0.15) is 0 Å². The molecule has 7 heteroatoms. The van der Waals surface area contributed by atoms with Crippen molar-refractivity contribution >= 4 is 22.2 Å². The van der Waals surface area contributed by atoms with E-state index in [2.05, 4.69) is 29.1 Å². The van der Waals surface area contributed by atoms with Crippen molar-refractivity contribution in [1.29, 1.82) is 5.41 Å². The zero-order valence-corrected chi connectivity index (χ0v) is 19.3. The maximum absolute atomic E-state index is 11.7. The summed E-state index contributed by atoms with van der Waals surface area (Å²) >= 11 is 0. The van der Waals surface area contributed by atoms with Crippen LogP contribution in [0.1, 0.15) is 53.9 Å². The predicted octanol–water partition coefficient (Wildman–Crippen LogP) is 3.06. The zero-order valence-electron chi connectivity index (χ0n) is 18.5. The lowest BCUT2D eigenvalue weighted by molar-refractivity contribution is 0.210. The molecule has 1 saturated carbocycles. The third-order valence-electron chi connectivity index (χ3n) is 7.79. The summed E-state index contributed by atoms with van der Waals surface area (Å²) < 4.78 is 13.4. The van der Waals surface area contributed by atoms with Gasteiger partial charge in [0.2, 0.25) is 0 Å². The number of aromatic nitrogens is 2. The number of rotatable bonds is 4. The molecule has 0 amide bonds. The molecule has 0 radical (unpaired) electrons. The Balaban J connectivity index is 1.31. The monoisotopic (exact) mass is 439 g/mol. The standard InChI is InChI=1S/C24H33N5OS/c1-15-7-23(25)22(24(26)19-11-27-28(2)12-19)10-21(15)16-8-17-13-29(14-18(17)9-16)20-3-5-31(30)6-4-20/h7,10-12,16-18,20,26H,3-6,8-9,13-14,25H2,1-2H3/t16?,17-,18+,20?,31?. The highest BCUT2D eigenvalue weighted by Crippen LogP contribution is 2.48. The fraction of sp³-hybridized carbons (Fsp3) is 0.583. The van der Waals surface area contributed by atoms with Crippen molar-refractivity contribution in [2.75, 3.05) is 30.3 Å². The lowest BCUT2D eigenvalue weighted by atomic mass is 9.88. The summed E-state index contributed by atoms with van der Waals surface area (Å²) in [6, 6.07) is 4.88. The van der Waals surface area contributed by atoms with Crippen LogP contribution in [0.2, 0.25) is 0 Å². The van der Waals surface area contributed by atoms with Crippen molar-refractivity contribution in [1.82, 2.24) is 14.7 Å². The Bertz CT molecular complexity index is 1010. The Morgan fingerprint density at radius 3 is 2.48 bits per heavy atom. The normalized spacial score (nSPS) is 31.1. The molecule has 2 aromatic rings. The molecule has 1 aliphatic carbocycles. The van der Waals surface area contributed by atoms with Crippen LogP contribution in [0.4, 0.5) is 5.69 Å². The van der Waals surface area contributed by atoms with E-state index in [0.29, 0.717) is 23.4 Å². The first kappa shape index (κ1) is 20.9. The van der Waals surface area contributed by atoms with E-state index < -0.39 is 10.8 Å². The van der Waals surface area contributed by atoms with Crippen molar-refractivity contribution in [2.24, 2.45) is 18.9 Å². The summed E-state index contributed by atoms with van der Waals surface area (Å²) in [5.74, 6) is 3.84. The number of fused-ring (bicyclic) bond motifs is 1. The van der Waals surface area contributed by atoms with E-state index in [1.807, 2.05) is 13.2 Å². The van der Waals surface area contributed by atoms with Gasteiger partial charge in [-0.3, -0.25) is 19.2 Å². The number of nitrogens with one attached hydrogen (secondary N) is 1. The molecule has 166 valence electrons. The van der Waals surface area contributed by atoms with Crippen LogP contribution in [-0.4, -0.2) is 55.2 Å². The number of nitrogen functional groups attached to an aromatic ring is 1. The van der Waals surface area contributed by atoms with Crippen LogP contribution in [-0.2, 0) is 17.8 Å². The van der Waals surface area contributed by atoms with E-state index >= 15 is 0 Å². The minimum atomic E-state index is -0.580. The fourth-order valence-electron chi connectivity index (χ4n) is 6.14. The third-order valence-corrected chi connectivity index (χ3v) is 9.18. The summed E-state index contributed by atoms with van der Waals surface area (Å²) in [6.45, 7) is 4.56. The second-order valence-electron chi connectivity index (χ2n) is 9.80. The maximum atomic E-state index is 11.7. The van der Waals surface area contributed by atoms with Crippen molar-refractivity contribution < 1.29 is 4.21 Å². The van der Waals surface area contributed by atoms with Crippen LogP contribution >= 0.6 is 0 Å². The lowest BCUT2D eigenvalue weighted by Crippen LogP contribution is -2.39. The Morgan fingerprint density at radius 1 is 1.19 bits per heavy atom. The molecule has 1 unspecified atom stereocenters. The van der Waals surface area contributed by atoms with Crippen LogP contribution in [0.5, 0.6) is 0 Å². The van der Waals surface area contributed by atoms with Gasteiger partial charge in [-0.2, -0.15) is 5.10 Å². The van der Waals surface area contributed by atoms with Gasteiger partial charge in [-0.15, -0.1) is 0 Å². The quantitative estimate of drug-likeness (QED) is 0.566. The molecule has 1 aromatic carbocycles. The first-order chi connectivity index (χ1) is 14.9. The van der Waals surface area contributed by atoms with E-state index in [1.165, 1.54) is 37.1 Å². The second-order valence-corrected chi connectivity index (χ2v) is 11.5. The summed E-state index contributed by atoms with van der Waals surface area (Å²) in [5.41, 5.74) is 11.7. The molecule has 3 N–H and O–H groups in total. The smallest absolute Gasteiger partial charge is 0.0736 e. The molecule has 0 bridgehead atoms. The van der Waals surface area contributed by atoms with Crippen LogP contribution in [0.3, 0.4) is 0 Å². The molecule has 1 aromatic heterocycles. The van der Waals surface area contributed by atoms with Crippen molar-refractivity contribution in [3.8, 4) is 0 Å². The molecular formula is C24H33N5OS. The van der Waals surface area contributed by atoms with Crippen molar-refractivity contribution in [2.45, 2.75) is 44.6 Å². The highest BCUT2D eigenvalue weighted by Gasteiger charge is 2.43. The molecule has 3 aliphatic rings. The molecule has 0 spiro atoms. The van der Waals surface area contributed by atoms with Crippen molar-refractivity contribution in [3.05, 3.63) is 46.8 Å². The van der Waals surface area contributed by atoms with E-state index in [9.17, 15) is 4.21 Å². The van der Waals surface area contributed by atoms with Gasteiger partial charge in [-0.1, -0.05) is 0 Å². The van der Waals surface area contributed by atoms with Crippen molar-refractivity contribution in [3.63, 3.8) is 0 Å². The first-order valence-electron chi connectivity index (χ1n) is 11.5. The number of anilines is 1. The first-order valence-corrected chi connectivity index (χ1v) is 12.9. The third kappa shape index (κ3) is 3.98. The number of benzene rings is 1. The van der Waals surface area contributed by atoms with Gasteiger partial charge in [0.05, 0.1) is 11.9 Å². The second kappa shape index (κ2) is 8.17. The summed E-state index contributed by atoms with van der Waals surface area (Å²) in [5, 5.41) is 12.9. The molecule has 6 nitrogen and oxygen atoms in total. The molecule has 31 heavy (non-hydrogen) atoms. The zero-order chi connectivity index (χ0) is 21.7. The van der Waals surface area contributed by atoms with Gasteiger partial charge in [0, 0.05) is 71.5 Å². The molecule has 3 atom stereocenters. The number of aryl methyl sites for hydroxylation is 2. The van der Waals surface area contributed by atoms with Crippen LogP contribution in [0, 0.1) is 24.2 Å². The van der Waals surface area contributed by atoms with E-state index in [1.54, 1.807) is 10.9 Å². The Hall–Kier alpha value is -1.99. The molecular weight excluding hydrogens is 406 g/mol. The molecule has 5 rings (SSSR count). The molecule has 2 aliphatic heterocycles. The molecule has 3 heterocycles. The Kier molecular flexibility index (Phi) is 5.51. The van der Waals surface area contributed by atoms with Crippen LogP contribution < -0.4 is 5.73 Å². The number of hydrogen-bond donors (Lipinski definition) is 2. The average Bonchev–Trinajstić information content (AvgIpc) is 3.43. The number of likely N-dealkylation sites (tertiary alicyclic amines) is 1. The predicted molar refractivity (Wildman–Crippen MR) is 126 cm³/mol. The number of nitrogens with zero attached hydrogens (tertiary/aromatic N) is 3. The van der Waals surface area contributed by atoms with Gasteiger partial charge in [-0.05, 0) is 73.6 Å². The van der Waals surface area contributed by atoms with Gasteiger partial charge in [0.25, 0.3) is 0 Å². The minimum absolute atomic E-state index is 0.450. The highest BCUT2D eigenvalue weighted by molar-refractivity contribution is 7.85. The summed E-state index contributed by atoms with van der Waals surface area (Å²) in [4.78, 5) is 2.70. The van der Waals surface area contributed by atoms with Gasteiger partial charge >= 0.3 is 0 Å². The van der Waals surface area contributed by atoms with Gasteiger partial charge in [0.15, 0.2) is 0 Å². The topological polar surface area (TPSA) is 88.0 Å². The number of nitrogens with two attached hydrogens (primary N) is 1. The Labute approximate surface area is 187 Å². The van der Waals surface area contributed by atoms with E-state index in [0.717, 1.165) is 47.3 Å². The minimum Gasteiger partial charge on any atom is -0.398 e. The highest BCUT2D eigenvalue weighted by atomic mass is 32.2. The average molecular weight is 440 g/mol. The lowest BCUT2D eigenvalue weighted by Gasteiger charge is -2.31. The largest absolute Gasteiger partial charge is 0.398 e. The van der Waals surface area contributed by atoms with E-state index in [4.69, 9.17) is 11.1 Å². The number of hydrogen-bond acceptors (Lipinski definition) is 5. The Morgan fingerprint density at radius 2 is 1.87 bits per heavy atom.